The average Bonchev–Trinajstić information content (AvgIpc) is 2.68. The molecule has 2 saturated heterocycles. The molecule has 0 saturated carbocycles. The van der Waals surface area contributed by atoms with Gasteiger partial charge in [-0.05, 0) is 37.8 Å². The molecular weight excluding hydrogens is 278 g/mol. The number of Topliss-reactive ketones (excluding diaryl/α,β-unsaturated/α-hetero) is 1. The van der Waals surface area contributed by atoms with Crippen LogP contribution in [0.3, 0.4) is 0 Å². The van der Waals surface area contributed by atoms with Gasteiger partial charge in [-0.1, -0.05) is 30.3 Å². The van der Waals surface area contributed by atoms with Crippen LogP contribution in [-0.4, -0.2) is 52.7 Å². The Kier molecular flexibility index (Phi) is 4.62. The predicted molar refractivity (Wildman–Crippen MR) is 84.6 cm³/mol. The van der Waals surface area contributed by atoms with Gasteiger partial charge in [-0.15, -0.1) is 0 Å². The monoisotopic (exact) mass is 303 g/mol. The van der Waals surface area contributed by atoms with Gasteiger partial charge in [0.05, 0.1) is 18.6 Å². The summed E-state index contributed by atoms with van der Waals surface area (Å²) in [5, 5.41) is 19.7. The van der Waals surface area contributed by atoms with Crippen molar-refractivity contribution in [1.82, 2.24) is 4.90 Å². The van der Waals surface area contributed by atoms with Gasteiger partial charge in [-0.3, -0.25) is 9.69 Å². The molecule has 1 aromatic carbocycles. The number of rotatable bonds is 5. The van der Waals surface area contributed by atoms with Gasteiger partial charge < -0.3 is 10.2 Å². The first-order valence-corrected chi connectivity index (χ1v) is 8.18. The summed E-state index contributed by atoms with van der Waals surface area (Å²) in [7, 11) is 2.07. The minimum atomic E-state index is -0.413. The molecule has 0 spiro atoms. The van der Waals surface area contributed by atoms with Gasteiger partial charge in [0.1, 0.15) is 5.78 Å². The number of aliphatic hydroxyl groups excluding tert-OH is 2. The molecule has 0 radical (unpaired) electrons. The zero-order chi connectivity index (χ0) is 15.7. The first-order chi connectivity index (χ1) is 10.6. The van der Waals surface area contributed by atoms with Crippen LogP contribution in [-0.2, 0) is 4.79 Å². The number of nitrogens with zero attached hydrogens (tertiary/aromatic N) is 1. The SMILES string of the molecule is CN1C2CC(CC(=O)C(CO)c3ccccc3)CC1C(O)C2. The fraction of sp³-hybridized carbons (Fsp3) is 0.611. The van der Waals surface area contributed by atoms with Crippen LogP contribution in [0.1, 0.15) is 37.2 Å². The quantitative estimate of drug-likeness (QED) is 0.867. The van der Waals surface area contributed by atoms with Crippen LogP contribution in [0.2, 0.25) is 0 Å². The third kappa shape index (κ3) is 2.96. The summed E-state index contributed by atoms with van der Waals surface area (Å²) in [5.41, 5.74) is 0.894. The zero-order valence-electron chi connectivity index (χ0n) is 13.1. The van der Waals surface area contributed by atoms with Crippen molar-refractivity contribution in [3.8, 4) is 0 Å². The Labute approximate surface area is 131 Å². The Balaban J connectivity index is 1.65. The Morgan fingerprint density at radius 3 is 2.64 bits per heavy atom. The Bertz CT molecular complexity index is 518. The van der Waals surface area contributed by atoms with E-state index in [1.807, 2.05) is 30.3 Å². The first-order valence-electron chi connectivity index (χ1n) is 8.18. The number of piperidine rings is 1. The van der Waals surface area contributed by atoms with Crippen LogP contribution >= 0.6 is 0 Å². The van der Waals surface area contributed by atoms with Crippen molar-refractivity contribution >= 4 is 5.78 Å². The van der Waals surface area contributed by atoms with Crippen molar-refractivity contribution < 1.29 is 15.0 Å². The fourth-order valence-corrected chi connectivity index (χ4v) is 4.22. The molecule has 4 nitrogen and oxygen atoms in total. The highest BCUT2D eigenvalue weighted by atomic mass is 16.3. The van der Waals surface area contributed by atoms with Crippen LogP contribution in [0.4, 0.5) is 0 Å². The van der Waals surface area contributed by atoms with E-state index in [0.717, 1.165) is 24.8 Å². The molecule has 0 aliphatic carbocycles. The largest absolute Gasteiger partial charge is 0.395 e. The van der Waals surface area contributed by atoms with E-state index >= 15 is 0 Å². The summed E-state index contributed by atoms with van der Waals surface area (Å²) in [5.74, 6) is 0.0363. The summed E-state index contributed by atoms with van der Waals surface area (Å²) < 4.78 is 0. The zero-order valence-corrected chi connectivity index (χ0v) is 13.1. The smallest absolute Gasteiger partial charge is 0.142 e. The maximum atomic E-state index is 12.6. The average molecular weight is 303 g/mol. The summed E-state index contributed by atoms with van der Waals surface area (Å²) in [6, 6.07) is 10.1. The standard InChI is InChI=1S/C18H25NO3/c1-19-14-7-12(8-16(19)18(22)10-14)9-17(21)15(11-20)13-5-3-2-4-6-13/h2-6,12,14-16,18,20,22H,7-11H2,1H3. The summed E-state index contributed by atoms with van der Waals surface area (Å²) in [6.45, 7) is -0.134. The Hall–Kier alpha value is -1.23. The molecule has 2 N–H and O–H groups in total. The van der Waals surface area contributed by atoms with Crippen LogP contribution in [0.15, 0.2) is 30.3 Å². The molecule has 0 amide bonds. The van der Waals surface area contributed by atoms with Crippen LogP contribution in [0.25, 0.3) is 0 Å². The third-order valence-electron chi connectivity index (χ3n) is 5.50. The molecule has 2 bridgehead atoms. The van der Waals surface area contributed by atoms with Crippen LogP contribution < -0.4 is 0 Å². The lowest BCUT2D eigenvalue weighted by Crippen LogP contribution is -2.42. The number of aliphatic hydroxyl groups is 2. The first kappa shape index (κ1) is 15.7. The van der Waals surface area contributed by atoms with Crippen LogP contribution in [0, 0.1) is 5.92 Å². The molecule has 2 fully saturated rings. The second-order valence-corrected chi connectivity index (χ2v) is 6.84. The summed E-state index contributed by atoms with van der Waals surface area (Å²) in [6.07, 6.45) is 2.94. The van der Waals surface area contributed by atoms with E-state index in [1.165, 1.54) is 0 Å². The number of likely N-dealkylation sites (N-methyl/N-ethyl adjacent to an activating group) is 1. The second kappa shape index (κ2) is 6.49. The molecule has 5 unspecified atom stereocenters. The van der Waals surface area contributed by atoms with Gasteiger partial charge >= 0.3 is 0 Å². The molecule has 0 aromatic heterocycles. The Morgan fingerprint density at radius 2 is 2.00 bits per heavy atom. The number of hydrogen-bond acceptors (Lipinski definition) is 4. The topological polar surface area (TPSA) is 60.8 Å². The molecule has 2 aliphatic rings. The van der Waals surface area contributed by atoms with Crippen molar-refractivity contribution in [3.05, 3.63) is 35.9 Å². The highest BCUT2D eigenvalue weighted by molar-refractivity contribution is 5.86. The van der Waals surface area contributed by atoms with E-state index in [-0.39, 0.29) is 24.5 Å². The Morgan fingerprint density at radius 1 is 1.27 bits per heavy atom. The maximum absolute atomic E-state index is 12.6. The van der Waals surface area contributed by atoms with E-state index in [9.17, 15) is 15.0 Å². The predicted octanol–water partition coefficient (Wildman–Crippen LogP) is 1.57. The molecule has 120 valence electrons. The lowest BCUT2D eigenvalue weighted by Gasteiger charge is -2.36. The van der Waals surface area contributed by atoms with Crippen molar-refractivity contribution in [1.29, 1.82) is 0 Å². The maximum Gasteiger partial charge on any atom is 0.142 e. The minimum Gasteiger partial charge on any atom is -0.395 e. The molecule has 5 atom stereocenters. The highest BCUT2D eigenvalue weighted by Gasteiger charge is 2.44. The van der Waals surface area contributed by atoms with Gasteiger partial charge in [0.15, 0.2) is 0 Å². The molecule has 2 heterocycles. The van der Waals surface area contributed by atoms with E-state index in [1.54, 1.807) is 0 Å². The molecule has 4 heteroatoms. The van der Waals surface area contributed by atoms with Crippen molar-refractivity contribution in [2.45, 2.75) is 49.8 Å². The molecule has 3 rings (SSSR count). The number of ketones is 1. The normalized spacial score (nSPS) is 32.9. The minimum absolute atomic E-state index is 0.122. The lowest BCUT2D eigenvalue weighted by atomic mass is 9.83. The number of hydrogen-bond donors (Lipinski definition) is 2. The van der Waals surface area contributed by atoms with Gasteiger partial charge in [-0.2, -0.15) is 0 Å². The van der Waals surface area contributed by atoms with E-state index in [0.29, 0.717) is 18.4 Å². The van der Waals surface area contributed by atoms with Crippen molar-refractivity contribution in [2.75, 3.05) is 13.7 Å². The molecule has 2 aliphatic heterocycles. The number of carbonyl (C=O) groups is 1. The fourth-order valence-electron chi connectivity index (χ4n) is 4.22. The second-order valence-electron chi connectivity index (χ2n) is 6.84. The van der Waals surface area contributed by atoms with E-state index in [4.69, 9.17) is 0 Å². The number of carbonyl (C=O) groups excluding carboxylic acids is 1. The third-order valence-corrected chi connectivity index (χ3v) is 5.50. The van der Waals surface area contributed by atoms with Gasteiger partial charge in [0.2, 0.25) is 0 Å². The summed E-state index contributed by atoms with van der Waals surface area (Å²) >= 11 is 0. The molecular formula is C18H25NO3. The van der Waals surface area contributed by atoms with Gasteiger partial charge in [0, 0.05) is 18.5 Å². The number of benzene rings is 1. The molecule has 22 heavy (non-hydrogen) atoms. The van der Waals surface area contributed by atoms with Gasteiger partial charge in [-0.25, -0.2) is 0 Å². The molecule has 1 aromatic rings. The van der Waals surface area contributed by atoms with E-state index < -0.39 is 5.92 Å². The van der Waals surface area contributed by atoms with Crippen LogP contribution in [0.5, 0.6) is 0 Å². The van der Waals surface area contributed by atoms with E-state index in [2.05, 4.69) is 11.9 Å². The lowest BCUT2D eigenvalue weighted by molar-refractivity contribution is -0.122. The van der Waals surface area contributed by atoms with Crippen molar-refractivity contribution in [2.24, 2.45) is 5.92 Å². The number of fused-ring (bicyclic) bond motifs is 2. The van der Waals surface area contributed by atoms with Crippen molar-refractivity contribution in [3.63, 3.8) is 0 Å². The highest BCUT2D eigenvalue weighted by Crippen LogP contribution is 2.39. The van der Waals surface area contributed by atoms with Gasteiger partial charge in [0.25, 0.3) is 0 Å². The summed E-state index contributed by atoms with van der Waals surface area (Å²) in [4.78, 5) is 14.9.